The second-order valence-electron chi connectivity index (χ2n) is 1.06. The van der Waals surface area contributed by atoms with Gasteiger partial charge in [-0.3, -0.25) is 0 Å². The Morgan fingerprint density at radius 2 is 2.00 bits per heavy atom. The standard InChI is InChI=1S/C4H5N2.2Li.2H/c5-4-2-1-3-6-4;;;;/h1-3H,5H2;;;;. The molecule has 0 spiro atoms. The zero-order valence-corrected chi connectivity index (χ0v) is 3.26. The summed E-state index contributed by atoms with van der Waals surface area (Å²) in [5.41, 5.74) is 5.17. The van der Waals surface area contributed by atoms with E-state index in [-0.39, 0.29) is 37.7 Å². The first kappa shape index (κ1) is 11.1. The van der Waals surface area contributed by atoms with Crippen LogP contribution < -0.4 is 11.1 Å². The first-order valence-corrected chi connectivity index (χ1v) is 1.73. The molecule has 0 aliphatic carbocycles. The van der Waals surface area contributed by atoms with Gasteiger partial charge in [-0.1, -0.05) is 0 Å². The van der Waals surface area contributed by atoms with E-state index >= 15 is 0 Å². The van der Waals surface area contributed by atoms with Crippen molar-refractivity contribution in [2.75, 3.05) is 0 Å². The van der Waals surface area contributed by atoms with Crippen molar-refractivity contribution in [3.63, 3.8) is 0 Å². The predicted octanol–water partition coefficient (Wildman–Crippen LogP) is -1.38. The molecule has 1 aliphatic heterocycles. The zero-order chi connectivity index (χ0) is 4.41. The number of hydrogen-bond donors (Lipinski definition) is 1. The van der Waals surface area contributed by atoms with Gasteiger partial charge in [0.2, 0.25) is 0 Å². The maximum atomic E-state index is 5.17. The molecule has 0 amide bonds. The summed E-state index contributed by atoms with van der Waals surface area (Å²) in [6.45, 7) is 0. The Labute approximate surface area is 72.9 Å². The van der Waals surface area contributed by atoms with Gasteiger partial charge in [-0.25, -0.2) is 5.32 Å². The van der Waals surface area contributed by atoms with Gasteiger partial charge >= 0.3 is 37.7 Å². The van der Waals surface area contributed by atoms with Gasteiger partial charge in [-0.05, 0) is 12.2 Å². The average Bonchev–Trinajstić information content (AvgIpc) is 1.86. The number of nitrogens with zero attached hydrogens (tertiary/aromatic N) is 1. The van der Waals surface area contributed by atoms with Crippen molar-refractivity contribution in [2.24, 2.45) is 5.73 Å². The van der Waals surface area contributed by atoms with Crippen LogP contribution in [-0.4, -0.2) is 37.7 Å². The van der Waals surface area contributed by atoms with Crippen LogP contribution in [0.1, 0.15) is 0 Å². The van der Waals surface area contributed by atoms with Gasteiger partial charge in [0, 0.05) is 6.20 Å². The fraction of sp³-hybridized carbons (Fsp3) is 0. The summed E-state index contributed by atoms with van der Waals surface area (Å²) in [6.07, 6.45) is 5.21. The van der Waals surface area contributed by atoms with Crippen LogP contribution in [0.25, 0.3) is 0 Å². The molecule has 1 radical (unpaired) electrons. The molecule has 0 unspecified atom stereocenters. The fourth-order valence-corrected chi connectivity index (χ4v) is 0.314. The number of allylic oxidation sites excluding steroid dienone is 2. The molecule has 0 aromatic heterocycles. The van der Waals surface area contributed by atoms with E-state index in [1.807, 2.05) is 0 Å². The van der Waals surface area contributed by atoms with Crippen molar-refractivity contribution in [3.8, 4) is 0 Å². The van der Waals surface area contributed by atoms with Crippen molar-refractivity contribution in [1.29, 1.82) is 0 Å². The third-order valence-corrected chi connectivity index (χ3v) is 0.577. The van der Waals surface area contributed by atoms with Crippen LogP contribution in [0.4, 0.5) is 0 Å². The normalized spacial score (nSPS) is 12.8. The second kappa shape index (κ2) is 5.41. The van der Waals surface area contributed by atoms with Gasteiger partial charge in [0.05, 0.1) is 0 Å². The Bertz CT molecular complexity index is 109. The molecular formula is C4H7Li2N2. The topological polar surface area (TPSA) is 40.1 Å². The molecule has 0 atom stereocenters. The molecule has 1 heterocycles. The van der Waals surface area contributed by atoms with E-state index < -0.39 is 0 Å². The monoisotopic (exact) mass is 97.1 g/mol. The minimum absolute atomic E-state index is 0. The molecule has 0 saturated heterocycles. The van der Waals surface area contributed by atoms with E-state index in [4.69, 9.17) is 5.73 Å². The molecule has 35 valence electrons. The van der Waals surface area contributed by atoms with Gasteiger partial charge < -0.3 is 5.73 Å². The van der Waals surface area contributed by atoms with Crippen molar-refractivity contribution in [2.45, 2.75) is 0 Å². The van der Waals surface area contributed by atoms with Gasteiger partial charge in [0.15, 0.2) is 0 Å². The average molecular weight is 97.0 g/mol. The summed E-state index contributed by atoms with van der Waals surface area (Å²) in [5, 5.41) is 3.69. The van der Waals surface area contributed by atoms with Crippen molar-refractivity contribution < 1.29 is 0 Å². The summed E-state index contributed by atoms with van der Waals surface area (Å²) in [5.74, 6) is 0.593. The van der Waals surface area contributed by atoms with E-state index in [1.54, 1.807) is 18.4 Å². The molecule has 8 heavy (non-hydrogen) atoms. The van der Waals surface area contributed by atoms with Gasteiger partial charge in [-0.2, -0.15) is 0 Å². The SMILES string of the molecule is NC1=CC=C[N]1.[LiH].[LiH]. The van der Waals surface area contributed by atoms with Crippen LogP contribution in [-0.2, 0) is 0 Å². The minimum atomic E-state index is 0. The number of hydrogen-bond acceptors (Lipinski definition) is 1. The molecular weight excluding hydrogens is 89.9 g/mol. The van der Waals surface area contributed by atoms with Crippen molar-refractivity contribution >= 4 is 37.7 Å². The Hall–Kier alpha value is 0.275. The summed E-state index contributed by atoms with van der Waals surface area (Å²) in [7, 11) is 0. The molecule has 0 aromatic carbocycles. The summed E-state index contributed by atoms with van der Waals surface area (Å²) < 4.78 is 0. The first-order chi connectivity index (χ1) is 2.89. The quantitative estimate of drug-likeness (QED) is 0.372. The van der Waals surface area contributed by atoms with E-state index in [1.165, 1.54) is 0 Å². The van der Waals surface area contributed by atoms with Crippen LogP contribution >= 0.6 is 0 Å². The van der Waals surface area contributed by atoms with Crippen LogP contribution in [0.15, 0.2) is 24.2 Å². The van der Waals surface area contributed by atoms with Gasteiger partial charge in [0.25, 0.3) is 0 Å². The van der Waals surface area contributed by atoms with Crippen LogP contribution in [0.5, 0.6) is 0 Å². The summed E-state index contributed by atoms with van der Waals surface area (Å²) in [4.78, 5) is 0. The van der Waals surface area contributed by atoms with Gasteiger partial charge in [-0.15, -0.1) is 0 Å². The predicted molar refractivity (Wildman–Crippen MR) is 37.8 cm³/mol. The molecule has 0 fully saturated rings. The summed E-state index contributed by atoms with van der Waals surface area (Å²) in [6, 6.07) is 0. The fourth-order valence-electron chi connectivity index (χ4n) is 0.314. The molecule has 4 heteroatoms. The number of rotatable bonds is 0. The molecule has 1 aliphatic rings. The Kier molecular flexibility index (Phi) is 7.52. The molecule has 0 aromatic rings. The van der Waals surface area contributed by atoms with Gasteiger partial charge in [0.1, 0.15) is 5.82 Å². The zero-order valence-electron chi connectivity index (χ0n) is 3.26. The number of nitrogens with two attached hydrogens (primary N) is 1. The van der Waals surface area contributed by atoms with E-state index in [0.29, 0.717) is 5.82 Å². The first-order valence-electron chi connectivity index (χ1n) is 1.73. The van der Waals surface area contributed by atoms with Crippen molar-refractivity contribution in [3.05, 3.63) is 24.2 Å². The van der Waals surface area contributed by atoms with E-state index in [0.717, 1.165) is 0 Å². The Balaban J connectivity index is 0. The van der Waals surface area contributed by atoms with E-state index in [9.17, 15) is 0 Å². The molecule has 1 rings (SSSR count). The maximum absolute atomic E-state index is 5.17. The van der Waals surface area contributed by atoms with E-state index in [2.05, 4.69) is 5.32 Å². The molecule has 2 nitrogen and oxygen atoms in total. The molecule has 0 saturated carbocycles. The Morgan fingerprint density at radius 3 is 2.12 bits per heavy atom. The summed E-state index contributed by atoms with van der Waals surface area (Å²) >= 11 is 0. The second-order valence-corrected chi connectivity index (χ2v) is 1.06. The van der Waals surface area contributed by atoms with Crippen LogP contribution in [0.3, 0.4) is 0 Å². The van der Waals surface area contributed by atoms with Crippen molar-refractivity contribution in [1.82, 2.24) is 5.32 Å². The molecule has 0 bridgehead atoms. The Morgan fingerprint density at radius 1 is 1.38 bits per heavy atom. The third-order valence-electron chi connectivity index (χ3n) is 0.577. The van der Waals surface area contributed by atoms with Crippen LogP contribution in [0.2, 0.25) is 0 Å². The molecule has 2 N–H and O–H groups in total. The van der Waals surface area contributed by atoms with Crippen LogP contribution in [0, 0.1) is 0 Å². The third kappa shape index (κ3) is 3.30.